The highest BCUT2D eigenvalue weighted by Crippen LogP contribution is 2.31. The lowest BCUT2D eigenvalue weighted by atomic mass is 10.0. The molecule has 5 nitrogen and oxygen atoms in total. The number of carbonyl (C=O) groups excluding carboxylic acids is 1. The summed E-state index contributed by atoms with van der Waals surface area (Å²) in [4.78, 5) is 15.6. The van der Waals surface area contributed by atoms with Gasteiger partial charge in [-0.1, -0.05) is 13.8 Å². The molecular formula is C15H19NO4. The molecule has 0 fully saturated rings. The van der Waals surface area contributed by atoms with Crippen molar-refractivity contribution in [1.29, 1.82) is 0 Å². The van der Waals surface area contributed by atoms with Crippen LogP contribution in [0.4, 0.5) is 0 Å². The van der Waals surface area contributed by atoms with Gasteiger partial charge in [-0.05, 0) is 18.1 Å². The molecule has 0 saturated heterocycles. The summed E-state index contributed by atoms with van der Waals surface area (Å²) in [5.74, 6) is -0.124. The van der Waals surface area contributed by atoms with Gasteiger partial charge >= 0.3 is 5.97 Å². The average molecular weight is 277 g/mol. The summed E-state index contributed by atoms with van der Waals surface area (Å²) in [5.41, 5.74) is 0.414. The van der Waals surface area contributed by atoms with Gasteiger partial charge in [0.1, 0.15) is 6.26 Å². The Morgan fingerprint density at radius 3 is 2.95 bits per heavy atom. The molecule has 1 aliphatic heterocycles. The van der Waals surface area contributed by atoms with Gasteiger partial charge in [0, 0.05) is 25.7 Å². The molecule has 0 saturated carbocycles. The molecule has 2 rings (SSSR count). The van der Waals surface area contributed by atoms with Crippen LogP contribution < -0.4 is 0 Å². The lowest BCUT2D eigenvalue weighted by molar-refractivity contribution is -0.147. The standard InChI is InChI=1S/C15H19NO4/c1-11(2)7-15(3)19-10-13(20-15)9-18-14(17)12-5-4-6-16-8-12/h4-6,8,10-11H,7,9H2,1-3H3. The van der Waals surface area contributed by atoms with Crippen molar-refractivity contribution < 1.29 is 19.0 Å². The molecule has 1 aliphatic rings. The van der Waals surface area contributed by atoms with Gasteiger partial charge < -0.3 is 14.2 Å². The van der Waals surface area contributed by atoms with Crippen LogP contribution in [0.25, 0.3) is 0 Å². The van der Waals surface area contributed by atoms with Crippen LogP contribution in [0.1, 0.15) is 37.6 Å². The first-order valence-corrected chi connectivity index (χ1v) is 6.61. The molecule has 0 bridgehead atoms. The monoisotopic (exact) mass is 277 g/mol. The third kappa shape index (κ3) is 3.73. The van der Waals surface area contributed by atoms with Gasteiger partial charge in [0.15, 0.2) is 12.4 Å². The van der Waals surface area contributed by atoms with E-state index in [4.69, 9.17) is 14.2 Å². The first kappa shape index (κ1) is 14.4. The van der Waals surface area contributed by atoms with Crippen LogP contribution in [-0.4, -0.2) is 23.3 Å². The first-order valence-electron chi connectivity index (χ1n) is 6.61. The van der Waals surface area contributed by atoms with E-state index in [9.17, 15) is 4.79 Å². The lowest BCUT2D eigenvalue weighted by Crippen LogP contribution is -2.28. The van der Waals surface area contributed by atoms with Gasteiger partial charge in [0.05, 0.1) is 5.56 Å². The summed E-state index contributed by atoms with van der Waals surface area (Å²) in [6, 6.07) is 3.34. The van der Waals surface area contributed by atoms with E-state index < -0.39 is 11.8 Å². The fraction of sp³-hybridized carbons (Fsp3) is 0.467. The smallest absolute Gasteiger partial charge is 0.340 e. The minimum absolute atomic E-state index is 0.0570. The van der Waals surface area contributed by atoms with Gasteiger partial charge in [-0.3, -0.25) is 4.98 Å². The molecule has 0 amide bonds. The minimum atomic E-state index is -0.662. The normalized spacial score (nSPS) is 21.1. The lowest BCUT2D eigenvalue weighted by Gasteiger charge is -2.25. The minimum Gasteiger partial charge on any atom is -0.457 e. The molecule has 0 radical (unpaired) electrons. The van der Waals surface area contributed by atoms with Crippen LogP contribution in [0.2, 0.25) is 0 Å². The van der Waals surface area contributed by atoms with Crippen LogP contribution in [-0.2, 0) is 14.2 Å². The molecule has 1 aromatic heterocycles. The van der Waals surface area contributed by atoms with E-state index in [2.05, 4.69) is 18.8 Å². The van der Waals surface area contributed by atoms with Crippen LogP contribution in [0, 0.1) is 5.92 Å². The maximum atomic E-state index is 11.8. The fourth-order valence-electron chi connectivity index (χ4n) is 2.11. The Kier molecular flexibility index (Phi) is 4.27. The second kappa shape index (κ2) is 5.94. The van der Waals surface area contributed by atoms with Gasteiger partial charge in [0.25, 0.3) is 0 Å². The van der Waals surface area contributed by atoms with Gasteiger partial charge in [-0.2, -0.15) is 0 Å². The number of pyridine rings is 1. The number of aromatic nitrogens is 1. The summed E-state index contributed by atoms with van der Waals surface area (Å²) >= 11 is 0. The van der Waals surface area contributed by atoms with Crippen molar-refractivity contribution in [2.24, 2.45) is 5.92 Å². The van der Waals surface area contributed by atoms with E-state index in [1.807, 2.05) is 6.92 Å². The van der Waals surface area contributed by atoms with E-state index in [0.717, 1.165) is 6.42 Å². The SMILES string of the molecule is CC(C)CC1(C)OC=C(COC(=O)c2cccnc2)O1. The van der Waals surface area contributed by atoms with Crippen LogP contribution >= 0.6 is 0 Å². The number of hydrogen-bond acceptors (Lipinski definition) is 5. The number of carbonyl (C=O) groups is 1. The number of ether oxygens (including phenoxy) is 3. The summed E-state index contributed by atoms with van der Waals surface area (Å²) in [7, 11) is 0. The summed E-state index contributed by atoms with van der Waals surface area (Å²) in [6.45, 7) is 6.12. The van der Waals surface area contributed by atoms with Crippen molar-refractivity contribution >= 4 is 5.97 Å². The topological polar surface area (TPSA) is 57.7 Å². The van der Waals surface area contributed by atoms with Crippen molar-refractivity contribution in [3.8, 4) is 0 Å². The molecule has 108 valence electrons. The predicted octanol–water partition coefficient (Wildman–Crippen LogP) is 2.89. The Balaban J connectivity index is 1.83. The molecule has 0 aliphatic carbocycles. The van der Waals surface area contributed by atoms with Gasteiger partial charge in [0.2, 0.25) is 5.79 Å². The zero-order valence-electron chi connectivity index (χ0n) is 12.0. The van der Waals surface area contributed by atoms with Crippen molar-refractivity contribution in [3.63, 3.8) is 0 Å². The van der Waals surface area contributed by atoms with Crippen LogP contribution in [0.3, 0.4) is 0 Å². The number of rotatable bonds is 5. The number of esters is 1. The Hall–Kier alpha value is -2.04. The Morgan fingerprint density at radius 1 is 1.50 bits per heavy atom. The third-order valence-corrected chi connectivity index (χ3v) is 2.81. The van der Waals surface area contributed by atoms with E-state index >= 15 is 0 Å². The first-order chi connectivity index (χ1) is 9.48. The maximum absolute atomic E-state index is 11.8. The molecule has 2 heterocycles. The van der Waals surface area contributed by atoms with Crippen molar-refractivity contribution in [1.82, 2.24) is 4.98 Å². The second-order valence-electron chi connectivity index (χ2n) is 5.35. The second-order valence-corrected chi connectivity index (χ2v) is 5.35. The molecule has 0 N–H and O–H groups in total. The molecule has 5 heteroatoms. The highest BCUT2D eigenvalue weighted by atomic mass is 16.7. The van der Waals surface area contributed by atoms with E-state index in [0.29, 0.717) is 17.2 Å². The molecule has 0 aromatic carbocycles. The fourth-order valence-corrected chi connectivity index (χ4v) is 2.11. The van der Waals surface area contributed by atoms with Crippen molar-refractivity contribution in [2.45, 2.75) is 33.0 Å². The molecule has 0 spiro atoms. The largest absolute Gasteiger partial charge is 0.457 e. The molecule has 1 aromatic rings. The predicted molar refractivity (Wildman–Crippen MR) is 72.6 cm³/mol. The van der Waals surface area contributed by atoms with E-state index in [1.54, 1.807) is 18.3 Å². The van der Waals surface area contributed by atoms with Gasteiger partial charge in [-0.25, -0.2) is 4.79 Å². The maximum Gasteiger partial charge on any atom is 0.340 e. The average Bonchev–Trinajstić information content (AvgIpc) is 2.77. The highest BCUT2D eigenvalue weighted by molar-refractivity contribution is 5.88. The zero-order chi connectivity index (χ0) is 14.6. The Labute approximate surface area is 118 Å². The van der Waals surface area contributed by atoms with Crippen molar-refractivity contribution in [3.05, 3.63) is 42.1 Å². The number of nitrogens with zero attached hydrogens (tertiary/aromatic N) is 1. The summed E-state index contributed by atoms with van der Waals surface area (Å²) in [5, 5.41) is 0. The number of hydrogen-bond donors (Lipinski definition) is 0. The molecule has 1 atom stereocenters. The Morgan fingerprint density at radius 2 is 2.30 bits per heavy atom. The highest BCUT2D eigenvalue weighted by Gasteiger charge is 2.34. The Bertz CT molecular complexity index is 498. The molecule has 1 unspecified atom stereocenters. The zero-order valence-corrected chi connectivity index (χ0v) is 12.0. The van der Waals surface area contributed by atoms with Crippen molar-refractivity contribution in [2.75, 3.05) is 6.61 Å². The third-order valence-electron chi connectivity index (χ3n) is 2.81. The molecular weight excluding hydrogens is 258 g/mol. The summed E-state index contributed by atoms with van der Waals surface area (Å²) in [6.07, 6.45) is 5.35. The molecule has 20 heavy (non-hydrogen) atoms. The van der Waals surface area contributed by atoms with E-state index in [-0.39, 0.29) is 6.61 Å². The quantitative estimate of drug-likeness (QED) is 0.774. The van der Waals surface area contributed by atoms with E-state index in [1.165, 1.54) is 12.5 Å². The summed E-state index contributed by atoms with van der Waals surface area (Å²) < 4.78 is 16.4. The van der Waals surface area contributed by atoms with Crippen LogP contribution in [0.15, 0.2) is 36.5 Å². The van der Waals surface area contributed by atoms with Crippen LogP contribution in [0.5, 0.6) is 0 Å². The van der Waals surface area contributed by atoms with Gasteiger partial charge in [-0.15, -0.1) is 0 Å².